The number of nitrogens with zero attached hydrogens (tertiary/aromatic N) is 1. The van der Waals surface area contributed by atoms with E-state index in [1.54, 1.807) is 7.11 Å². The van der Waals surface area contributed by atoms with Crippen molar-refractivity contribution in [2.45, 2.75) is 31.5 Å². The number of carbonyl (C=O) groups excluding carboxylic acids is 1. The zero-order valence-corrected chi connectivity index (χ0v) is 10.9. The highest BCUT2D eigenvalue weighted by molar-refractivity contribution is 5.80. The van der Waals surface area contributed by atoms with Crippen molar-refractivity contribution in [1.29, 1.82) is 0 Å². The molecule has 0 spiro atoms. The first-order valence-corrected chi connectivity index (χ1v) is 6.60. The van der Waals surface area contributed by atoms with Crippen LogP contribution in [0.15, 0.2) is 0 Å². The molecule has 0 radical (unpaired) electrons. The summed E-state index contributed by atoms with van der Waals surface area (Å²) >= 11 is 0. The number of hydrazine groups is 1. The van der Waals surface area contributed by atoms with Crippen LogP contribution < -0.4 is 11.3 Å². The Bertz CT molecular complexity index is 288. The van der Waals surface area contributed by atoms with E-state index in [0.717, 1.165) is 39.1 Å². The van der Waals surface area contributed by atoms with Crippen molar-refractivity contribution in [3.8, 4) is 0 Å². The highest BCUT2D eigenvalue weighted by Gasteiger charge is 2.33. The van der Waals surface area contributed by atoms with Crippen LogP contribution in [0, 0.1) is 5.92 Å². The van der Waals surface area contributed by atoms with Crippen molar-refractivity contribution >= 4 is 5.91 Å². The summed E-state index contributed by atoms with van der Waals surface area (Å²) < 4.78 is 10.9. The zero-order valence-electron chi connectivity index (χ0n) is 10.9. The summed E-state index contributed by atoms with van der Waals surface area (Å²) in [6.07, 6.45) is 2.69. The Morgan fingerprint density at radius 2 is 2.33 bits per heavy atom. The van der Waals surface area contributed by atoms with E-state index >= 15 is 0 Å². The second-order valence-corrected chi connectivity index (χ2v) is 5.20. The number of nitrogens with two attached hydrogens (primary N) is 1. The molecule has 6 heteroatoms. The summed E-state index contributed by atoms with van der Waals surface area (Å²) in [5.74, 6) is 5.54. The number of rotatable bonds is 5. The molecule has 3 atom stereocenters. The molecular formula is C12H23N3O3. The first-order valence-electron chi connectivity index (χ1n) is 6.60. The van der Waals surface area contributed by atoms with Gasteiger partial charge in [0.1, 0.15) is 6.10 Å². The summed E-state index contributed by atoms with van der Waals surface area (Å²) in [7, 11) is 1.75. The maximum atomic E-state index is 11.3. The van der Waals surface area contributed by atoms with Gasteiger partial charge >= 0.3 is 0 Å². The fourth-order valence-corrected chi connectivity index (χ4v) is 2.86. The molecule has 3 N–H and O–H groups in total. The van der Waals surface area contributed by atoms with Crippen molar-refractivity contribution in [1.82, 2.24) is 10.3 Å². The largest absolute Gasteiger partial charge is 0.384 e. The molecule has 0 aromatic rings. The number of methoxy groups -OCH3 is 1. The standard InChI is InChI=1S/C12H23N3O3/c1-17-8-9-4-5-15(6-9)7-10-2-3-11(18-10)12(16)14-13/h9-11H,2-8,13H2,1H3,(H,14,16). The Kier molecular flexibility index (Phi) is 4.94. The van der Waals surface area contributed by atoms with Gasteiger partial charge in [0.05, 0.1) is 12.7 Å². The quantitative estimate of drug-likeness (QED) is 0.394. The molecule has 1 amide bonds. The number of hydrogen-bond donors (Lipinski definition) is 2. The minimum atomic E-state index is -0.364. The molecule has 2 heterocycles. The van der Waals surface area contributed by atoms with E-state index in [4.69, 9.17) is 15.3 Å². The van der Waals surface area contributed by atoms with Crippen LogP contribution in [0.3, 0.4) is 0 Å². The Morgan fingerprint density at radius 1 is 1.50 bits per heavy atom. The van der Waals surface area contributed by atoms with Crippen LogP contribution in [0.2, 0.25) is 0 Å². The summed E-state index contributed by atoms with van der Waals surface area (Å²) in [4.78, 5) is 13.7. The minimum absolute atomic E-state index is 0.161. The van der Waals surface area contributed by atoms with Gasteiger partial charge in [-0.15, -0.1) is 0 Å². The first-order chi connectivity index (χ1) is 8.72. The van der Waals surface area contributed by atoms with Gasteiger partial charge in [0.25, 0.3) is 5.91 Å². The van der Waals surface area contributed by atoms with Crippen LogP contribution in [0.4, 0.5) is 0 Å². The molecule has 0 saturated carbocycles. The predicted octanol–water partition coefficient (Wildman–Crippen LogP) is -0.508. The van der Waals surface area contributed by atoms with Gasteiger partial charge < -0.3 is 14.4 Å². The van der Waals surface area contributed by atoms with E-state index in [-0.39, 0.29) is 18.1 Å². The summed E-state index contributed by atoms with van der Waals surface area (Å²) in [5, 5.41) is 0. The molecule has 2 rings (SSSR count). The first kappa shape index (κ1) is 13.7. The van der Waals surface area contributed by atoms with Crippen LogP contribution in [0.25, 0.3) is 0 Å². The van der Waals surface area contributed by atoms with Crippen molar-refractivity contribution in [3.05, 3.63) is 0 Å². The number of amides is 1. The average molecular weight is 257 g/mol. The third kappa shape index (κ3) is 3.41. The predicted molar refractivity (Wildman–Crippen MR) is 66.6 cm³/mol. The van der Waals surface area contributed by atoms with E-state index < -0.39 is 0 Å². The molecular weight excluding hydrogens is 234 g/mol. The molecule has 18 heavy (non-hydrogen) atoms. The van der Waals surface area contributed by atoms with Crippen molar-refractivity contribution in [2.75, 3.05) is 33.4 Å². The summed E-state index contributed by atoms with van der Waals surface area (Å²) in [6, 6.07) is 0. The Hall–Kier alpha value is -0.690. The second kappa shape index (κ2) is 6.47. The molecule has 2 aliphatic rings. The Balaban J connectivity index is 1.70. The second-order valence-electron chi connectivity index (χ2n) is 5.20. The Labute approximate surface area is 108 Å². The molecule has 0 aliphatic carbocycles. The highest BCUT2D eigenvalue weighted by Crippen LogP contribution is 2.23. The van der Waals surface area contributed by atoms with E-state index in [1.807, 2.05) is 0 Å². The number of carbonyl (C=O) groups is 1. The van der Waals surface area contributed by atoms with Crippen LogP contribution in [0.1, 0.15) is 19.3 Å². The molecule has 104 valence electrons. The molecule has 2 saturated heterocycles. The van der Waals surface area contributed by atoms with E-state index in [9.17, 15) is 4.79 Å². The van der Waals surface area contributed by atoms with Gasteiger partial charge in [-0.3, -0.25) is 10.2 Å². The summed E-state index contributed by atoms with van der Waals surface area (Å²) in [6.45, 7) is 3.91. The topological polar surface area (TPSA) is 76.8 Å². The molecule has 0 bridgehead atoms. The lowest BCUT2D eigenvalue weighted by molar-refractivity contribution is -0.132. The smallest absolute Gasteiger partial charge is 0.263 e. The van der Waals surface area contributed by atoms with Gasteiger partial charge in [-0.2, -0.15) is 0 Å². The van der Waals surface area contributed by atoms with Gasteiger partial charge in [0, 0.05) is 20.2 Å². The number of likely N-dealkylation sites (tertiary alicyclic amines) is 1. The highest BCUT2D eigenvalue weighted by atomic mass is 16.5. The maximum Gasteiger partial charge on any atom is 0.263 e. The molecule has 2 aliphatic heterocycles. The monoisotopic (exact) mass is 257 g/mol. The van der Waals surface area contributed by atoms with Crippen LogP contribution in [-0.2, 0) is 14.3 Å². The van der Waals surface area contributed by atoms with Crippen molar-refractivity contribution in [3.63, 3.8) is 0 Å². The molecule has 0 aromatic carbocycles. The fourth-order valence-electron chi connectivity index (χ4n) is 2.86. The molecule has 3 unspecified atom stereocenters. The summed E-state index contributed by atoms with van der Waals surface area (Å²) in [5.41, 5.74) is 2.15. The number of nitrogens with one attached hydrogen (secondary N) is 1. The maximum absolute atomic E-state index is 11.3. The Morgan fingerprint density at radius 3 is 3.06 bits per heavy atom. The average Bonchev–Trinajstić information content (AvgIpc) is 2.99. The molecule has 6 nitrogen and oxygen atoms in total. The number of hydrogen-bond acceptors (Lipinski definition) is 5. The third-order valence-corrected chi connectivity index (χ3v) is 3.78. The van der Waals surface area contributed by atoms with Gasteiger partial charge in [-0.1, -0.05) is 0 Å². The van der Waals surface area contributed by atoms with Crippen molar-refractivity contribution in [2.24, 2.45) is 11.8 Å². The molecule has 0 aromatic heterocycles. The van der Waals surface area contributed by atoms with Crippen LogP contribution >= 0.6 is 0 Å². The van der Waals surface area contributed by atoms with Crippen LogP contribution in [-0.4, -0.2) is 56.4 Å². The normalized spacial score (nSPS) is 32.9. The fraction of sp³-hybridized carbons (Fsp3) is 0.917. The number of ether oxygens (including phenoxy) is 2. The lowest BCUT2D eigenvalue weighted by atomic mass is 10.1. The van der Waals surface area contributed by atoms with E-state index in [2.05, 4.69) is 10.3 Å². The molecule has 2 fully saturated rings. The van der Waals surface area contributed by atoms with Gasteiger partial charge in [-0.05, 0) is 31.7 Å². The zero-order chi connectivity index (χ0) is 13.0. The van der Waals surface area contributed by atoms with Gasteiger partial charge in [0.2, 0.25) is 0 Å². The third-order valence-electron chi connectivity index (χ3n) is 3.78. The van der Waals surface area contributed by atoms with Crippen LogP contribution in [0.5, 0.6) is 0 Å². The minimum Gasteiger partial charge on any atom is -0.384 e. The van der Waals surface area contributed by atoms with Gasteiger partial charge in [0.15, 0.2) is 0 Å². The lowest BCUT2D eigenvalue weighted by Crippen LogP contribution is -2.40. The SMILES string of the molecule is COCC1CCN(CC2CCC(C(=O)NN)O2)C1. The van der Waals surface area contributed by atoms with E-state index in [1.165, 1.54) is 6.42 Å². The van der Waals surface area contributed by atoms with E-state index in [0.29, 0.717) is 5.92 Å². The van der Waals surface area contributed by atoms with Gasteiger partial charge in [-0.25, -0.2) is 5.84 Å². The van der Waals surface area contributed by atoms with Crippen molar-refractivity contribution < 1.29 is 14.3 Å². The lowest BCUT2D eigenvalue weighted by Gasteiger charge is -2.20.